The van der Waals surface area contributed by atoms with E-state index in [1.165, 1.54) is 66.8 Å². The van der Waals surface area contributed by atoms with E-state index >= 15 is 0 Å². The van der Waals surface area contributed by atoms with Crippen molar-refractivity contribution < 1.29 is 4.74 Å². The fraction of sp³-hybridized carbons (Fsp3) is 0.615. The van der Waals surface area contributed by atoms with E-state index in [0.29, 0.717) is 17.6 Å². The molecule has 2 nitrogen and oxygen atoms in total. The summed E-state index contributed by atoms with van der Waals surface area (Å²) in [7, 11) is 0. The molecule has 0 aliphatic heterocycles. The lowest BCUT2D eigenvalue weighted by atomic mass is 9.72. The van der Waals surface area contributed by atoms with Gasteiger partial charge in [0.05, 0.1) is 6.10 Å². The van der Waals surface area contributed by atoms with E-state index in [2.05, 4.69) is 63.3 Å². The summed E-state index contributed by atoms with van der Waals surface area (Å²) >= 11 is 0. The van der Waals surface area contributed by atoms with Crippen LogP contribution in [-0.4, -0.2) is 12.1 Å². The van der Waals surface area contributed by atoms with Crippen LogP contribution in [0.2, 0.25) is 0 Å². The Morgan fingerprint density at radius 2 is 1.64 bits per heavy atom. The Kier molecular flexibility index (Phi) is 5.69. The normalized spacial score (nSPS) is 23.6. The van der Waals surface area contributed by atoms with E-state index in [0.717, 1.165) is 18.2 Å². The highest BCUT2D eigenvalue weighted by molar-refractivity contribution is 5.90. The van der Waals surface area contributed by atoms with E-state index in [9.17, 15) is 0 Å². The summed E-state index contributed by atoms with van der Waals surface area (Å²) in [6, 6.07) is 11.8. The van der Waals surface area contributed by atoms with Crippen molar-refractivity contribution in [3.8, 4) is 5.75 Å². The summed E-state index contributed by atoms with van der Waals surface area (Å²) in [4.78, 5) is 0. The number of rotatable bonds is 5. The smallest absolute Gasteiger partial charge is 0.125 e. The van der Waals surface area contributed by atoms with E-state index in [1.54, 1.807) is 0 Å². The lowest BCUT2D eigenvalue weighted by molar-refractivity contribution is 0.0875. The lowest BCUT2D eigenvalue weighted by Crippen LogP contribution is -2.35. The Morgan fingerprint density at radius 1 is 0.964 bits per heavy atom. The van der Waals surface area contributed by atoms with Gasteiger partial charge in [-0.05, 0) is 79.2 Å². The maximum absolute atomic E-state index is 6.68. The number of hydrogen-bond donors (Lipinski definition) is 1. The predicted molar refractivity (Wildman–Crippen MR) is 119 cm³/mol. The van der Waals surface area contributed by atoms with Gasteiger partial charge in [-0.2, -0.15) is 0 Å². The summed E-state index contributed by atoms with van der Waals surface area (Å²) in [5.41, 5.74) is 3.09. The molecule has 2 fully saturated rings. The Balaban J connectivity index is 1.55. The Bertz CT molecular complexity index is 807. The highest BCUT2D eigenvalue weighted by atomic mass is 16.5. The van der Waals surface area contributed by atoms with Crippen LogP contribution in [0.5, 0.6) is 5.75 Å². The molecule has 152 valence electrons. The molecule has 2 heteroatoms. The minimum Gasteiger partial charge on any atom is -0.490 e. The maximum atomic E-state index is 6.68. The summed E-state index contributed by atoms with van der Waals surface area (Å²) in [6.45, 7) is 10.3. The number of ether oxygens (including phenoxy) is 1. The zero-order valence-electron chi connectivity index (χ0n) is 18.2. The third-order valence-corrected chi connectivity index (χ3v) is 7.19. The highest BCUT2D eigenvalue weighted by Gasteiger charge is 2.31. The molecular formula is C26H37NO. The van der Waals surface area contributed by atoms with Crippen LogP contribution >= 0.6 is 0 Å². The van der Waals surface area contributed by atoms with Crippen molar-refractivity contribution in [2.45, 2.75) is 91.3 Å². The molecule has 2 aliphatic carbocycles. The molecule has 0 heterocycles. The van der Waals surface area contributed by atoms with Crippen LogP contribution in [0.1, 0.15) is 76.8 Å². The van der Waals surface area contributed by atoms with Crippen LogP contribution in [0.4, 0.5) is 0 Å². The SMILES string of the molecule is Cc1cc(OC2CCC(C(C)(C)C)CC2)c(CNC2CCC2)c2ccccc12. The molecule has 1 N–H and O–H groups in total. The second kappa shape index (κ2) is 8.06. The first-order chi connectivity index (χ1) is 13.4. The standard InChI is InChI=1S/C26H37NO/c1-18-16-25(28-21-14-12-19(13-15-21)26(2,3)4)24(17-27-20-8-7-9-20)23-11-6-5-10-22(18)23/h5-6,10-11,16,19-21,27H,7-9,12-15,17H2,1-4H3. The Hall–Kier alpha value is -1.54. The average molecular weight is 380 g/mol. The molecule has 2 aromatic rings. The van der Waals surface area contributed by atoms with Gasteiger partial charge in [-0.15, -0.1) is 0 Å². The first kappa shape index (κ1) is 19.8. The minimum atomic E-state index is 0.363. The molecule has 28 heavy (non-hydrogen) atoms. The number of hydrogen-bond acceptors (Lipinski definition) is 2. The van der Waals surface area contributed by atoms with Crippen molar-refractivity contribution in [3.63, 3.8) is 0 Å². The molecule has 0 atom stereocenters. The number of aryl methyl sites for hydroxylation is 1. The number of nitrogens with one attached hydrogen (secondary N) is 1. The monoisotopic (exact) mass is 379 g/mol. The lowest BCUT2D eigenvalue weighted by Gasteiger charge is -2.37. The first-order valence-electron chi connectivity index (χ1n) is 11.3. The van der Waals surface area contributed by atoms with Gasteiger partial charge in [0.25, 0.3) is 0 Å². The van der Waals surface area contributed by atoms with E-state index in [-0.39, 0.29) is 0 Å². The van der Waals surface area contributed by atoms with Crippen LogP contribution in [0, 0.1) is 18.3 Å². The van der Waals surface area contributed by atoms with Gasteiger partial charge < -0.3 is 10.1 Å². The fourth-order valence-electron chi connectivity index (χ4n) is 4.96. The highest BCUT2D eigenvalue weighted by Crippen LogP contribution is 2.40. The van der Waals surface area contributed by atoms with Crippen LogP contribution in [0.25, 0.3) is 10.8 Å². The zero-order chi connectivity index (χ0) is 19.7. The largest absolute Gasteiger partial charge is 0.490 e. The van der Waals surface area contributed by atoms with Crippen molar-refractivity contribution >= 4 is 10.8 Å². The van der Waals surface area contributed by atoms with E-state index < -0.39 is 0 Å². The molecule has 0 amide bonds. The van der Waals surface area contributed by atoms with Gasteiger partial charge in [0, 0.05) is 18.2 Å². The van der Waals surface area contributed by atoms with Crippen LogP contribution in [0.15, 0.2) is 30.3 Å². The second-order valence-electron chi connectivity index (χ2n) is 10.2. The van der Waals surface area contributed by atoms with Gasteiger partial charge in [0.15, 0.2) is 0 Å². The molecule has 0 aromatic heterocycles. The van der Waals surface area contributed by atoms with E-state index in [1.807, 2.05) is 0 Å². The van der Waals surface area contributed by atoms with Gasteiger partial charge in [0.1, 0.15) is 5.75 Å². The van der Waals surface area contributed by atoms with Crippen molar-refractivity contribution in [1.82, 2.24) is 5.32 Å². The zero-order valence-corrected chi connectivity index (χ0v) is 18.2. The van der Waals surface area contributed by atoms with Crippen molar-refractivity contribution in [2.24, 2.45) is 11.3 Å². The number of fused-ring (bicyclic) bond motifs is 1. The summed E-state index contributed by atoms with van der Waals surface area (Å²) < 4.78 is 6.68. The molecule has 4 rings (SSSR count). The molecule has 0 bridgehead atoms. The molecule has 0 radical (unpaired) electrons. The van der Waals surface area contributed by atoms with Crippen molar-refractivity contribution in [2.75, 3.05) is 0 Å². The molecule has 2 saturated carbocycles. The molecule has 0 unspecified atom stereocenters. The third kappa shape index (κ3) is 4.22. The van der Waals surface area contributed by atoms with Gasteiger partial charge in [-0.25, -0.2) is 0 Å². The number of benzene rings is 2. The summed E-state index contributed by atoms with van der Waals surface area (Å²) in [5.74, 6) is 1.94. The fourth-order valence-corrected chi connectivity index (χ4v) is 4.96. The van der Waals surface area contributed by atoms with Gasteiger partial charge in [0.2, 0.25) is 0 Å². The summed E-state index contributed by atoms with van der Waals surface area (Å²) in [5, 5.41) is 6.48. The Labute approximate surface area is 171 Å². The van der Waals surface area contributed by atoms with Crippen LogP contribution < -0.4 is 10.1 Å². The third-order valence-electron chi connectivity index (χ3n) is 7.19. The molecule has 2 aromatic carbocycles. The molecule has 0 spiro atoms. The minimum absolute atomic E-state index is 0.363. The quantitative estimate of drug-likeness (QED) is 0.618. The van der Waals surface area contributed by atoms with Gasteiger partial charge in [-0.3, -0.25) is 0 Å². The average Bonchev–Trinajstić information content (AvgIpc) is 2.62. The Morgan fingerprint density at radius 3 is 2.25 bits per heavy atom. The van der Waals surface area contributed by atoms with Crippen molar-refractivity contribution in [3.05, 3.63) is 41.5 Å². The van der Waals surface area contributed by atoms with Crippen molar-refractivity contribution in [1.29, 1.82) is 0 Å². The topological polar surface area (TPSA) is 21.3 Å². The first-order valence-corrected chi connectivity index (χ1v) is 11.3. The van der Waals surface area contributed by atoms with Crippen LogP contribution in [-0.2, 0) is 6.54 Å². The van der Waals surface area contributed by atoms with Crippen LogP contribution in [0.3, 0.4) is 0 Å². The maximum Gasteiger partial charge on any atom is 0.125 e. The second-order valence-corrected chi connectivity index (χ2v) is 10.2. The molecular weight excluding hydrogens is 342 g/mol. The molecule has 2 aliphatic rings. The predicted octanol–water partition coefficient (Wildman–Crippen LogP) is 6.77. The van der Waals surface area contributed by atoms with Gasteiger partial charge >= 0.3 is 0 Å². The molecule has 0 saturated heterocycles. The van der Waals surface area contributed by atoms with Gasteiger partial charge in [-0.1, -0.05) is 51.5 Å². The summed E-state index contributed by atoms with van der Waals surface area (Å²) in [6.07, 6.45) is 9.31. The van der Waals surface area contributed by atoms with E-state index in [4.69, 9.17) is 4.74 Å².